The van der Waals surface area contributed by atoms with Crippen molar-refractivity contribution in [2.75, 3.05) is 26.2 Å². The first-order valence-corrected chi connectivity index (χ1v) is 13.6. The minimum absolute atomic E-state index is 0.194. The zero-order chi connectivity index (χ0) is 23.6. The number of unbranched alkanes of at least 4 members (excludes halogenated alkanes) is 6. The predicted molar refractivity (Wildman–Crippen MR) is 141 cm³/mol. The number of nitrogens with two attached hydrogens (primary N) is 1. The summed E-state index contributed by atoms with van der Waals surface area (Å²) in [6.07, 6.45) is 13.1. The molecule has 1 saturated carbocycles. The second-order valence-corrected chi connectivity index (χ2v) is 10.4. The molecular formula is C30H43N3O. The zero-order valence-corrected chi connectivity index (χ0v) is 20.8. The van der Waals surface area contributed by atoms with Crippen molar-refractivity contribution in [3.63, 3.8) is 0 Å². The van der Waals surface area contributed by atoms with Crippen LogP contribution in [0.25, 0.3) is 0 Å². The Bertz CT molecular complexity index is 826. The van der Waals surface area contributed by atoms with Gasteiger partial charge >= 0.3 is 0 Å². The highest BCUT2D eigenvalue weighted by atomic mass is 16.1. The molecule has 0 spiro atoms. The summed E-state index contributed by atoms with van der Waals surface area (Å²) in [6, 6.07) is 21.2. The average Bonchev–Trinajstić information content (AvgIpc) is 3.58. The lowest BCUT2D eigenvalue weighted by molar-refractivity contribution is -0.123. The molecule has 1 aliphatic carbocycles. The van der Waals surface area contributed by atoms with Crippen molar-refractivity contribution in [3.8, 4) is 0 Å². The Morgan fingerprint density at radius 3 is 1.94 bits per heavy atom. The molecule has 2 aromatic rings. The number of amides is 1. The molecule has 4 nitrogen and oxygen atoms in total. The molecule has 2 aromatic carbocycles. The third-order valence-electron chi connectivity index (χ3n) is 7.89. The van der Waals surface area contributed by atoms with E-state index in [2.05, 4.69) is 34.5 Å². The van der Waals surface area contributed by atoms with Crippen molar-refractivity contribution in [1.82, 2.24) is 10.2 Å². The fourth-order valence-electron chi connectivity index (χ4n) is 5.85. The quantitative estimate of drug-likeness (QED) is 0.356. The maximum absolute atomic E-state index is 13.2. The fraction of sp³-hybridized carbons (Fsp3) is 0.567. The molecule has 0 radical (unpaired) electrons. The third-order valence-corrected chi connectivity index (χ3v) is 7.89. The number of nitrogens with one attached hydrogen (secondary N) is 1. The molecule has 34 heavy (non-hydrogen) atoms. The van der Waals surface area contributed by atoms with E-state index in [1.807, 2.05) is 36.4 Å². The van der Waals surface area contributed by atoms with E-state index in [1.54, 1.807) is 0 Å². The molecule has 1 amide bonds. The topological polar surface area (TPSA) is 58.4 Å². The molecule has 0 aromatic heterocycles. The first-order chi connectivity index (χ1) is 16.7. The van der Waals surface area contributed by atoms with Crippen LogP contribution in [0.4, 0.5) is 0 Å². The predicted octanol–water partition coefficient (Wildman–Crippen LogP) is 5.26. The number of hydrogen-bond acceptors (Lipinski definition) is 3. The molecule has 2 fully saturated rings. The van der Waals surface area contributed by atoms with E-state index in [1.165, 1.54) is 64.3 Å². The monoisotopic (exact) mass is 461 g/mol. The van der Waals surface area contributed by atoms with Gasteiger partial charge in [0.2, 0.25) is 5.91 Å². The SMILES string of the molecule is NC(=O)C(c1ccccc1)(c1ccccc1)C1CCN(CCCCCCCCCNC2CC2)C1. The van der Waals surface area contributed by atoms with E-state index in [4.69, 9.17) is 5.73 Å². The van der Waals surface area contributed by atoms with Gasteiger partial charge in [-0.25, -0.2) is 0 Å². The van der Waals surface area contributed by atoms with Crippen LogP contribution < -0.4 is 11.1 Å². The van der Waals surface area contributed by atoms with Gasteiger partial charge in [0.25, 0.3) is 0 Å². The van der Waals surface area contributed by atoms with Crippen LogP contribution in [0.3, 0.4) is 0 Å². The average molecular weight is 462 g/mol. The summed E-state index contributed by atoms with van der Waals surface area (Å²) in [6.45, 7) is 4.31. The highest BCUT2D eigenvalue weighted by Crippen LogP contribution is 2.43. The first-order valence-electron chi connectivity index (χ1n) is 13.6. The normalized spacial score (nSPS) is 18.9. The summed E-state index contributed by atoms with van der Waals surface area (Å²) < 4.78 is 0. The van der Waals surface area contributed by atoms with Crippen LogP contribution in [0.15, 0.2) is 60.7 Å². The van der Waals surface area contributed by atoms with E-state index in [0.29, 0.717) is 0 Å². The zero-order valence-electron chi connectivity index (χ0n) is 20.8. The summed E-state index contributed by atoms with van der Waals surface area (Å²) in [7, 11) is 0. The van der Waals surface area contributed by atoms with Crippen molar-refractivity contribution in [2.24, 2.45) is 11.7 Å². The van der Waals surface area contributed by atoms with E-state index in [9.17, 15) is 4.79 Å². The Labute approximate surface area is 206 Å². The molecule has 1 aliphatic heterocycles. The molecule has 1 saturated heterocycles. The lowest BCUT2D eigenvalue weighted by Crippen LogP contribution is -2.49. The van der Waals surface area contributed by atoms with Gasteiger partial charge in [-0.15, -0.1) is 0 Å². The van der Waals surface area contributed by atoms with Gasteiger partial charge in [0.05, 0.1) is 0 Å². The van der Waals surface area contributed by atoms with Crippen molar-refractivity contribution in [2.45, 2.75) is 75.7 Å². The first kappa shape index (κ1) is 24.9. The molecule has 3 N–H and O–H groups in total. The van der Waals surface area contributed by atoms with Crippen molar-refractivity contribution >= 4 is 5.91 Å². The van der Waals surface area contributed by atoms with Crippen molar-refractivity contribution in [1.29, 1.82) is 0 Å². The summed E-state index contributed by atoms with van der Waals surface area (Å²) >= 11 is 0. The van der Waals surface area contributed by atoms with E-state index >= 15 is 0 Å². The molecule has 4 heteroatoms. The fourth-order valence-corrected chi connectivity index (χ4v) is 5.85. The van der Waals surface area contributed by atoms with Gasteiger partial charge in [-0.05, 0) is 68.8 Å². The molecular weight excluding hydrogens is 418 g/mol. The van der Waals surface area contributed by atoms with Crippen LogP contribution in [0, 0.1) is 5.92 Å². The number of nitrogens with zero attached hydrogens (tertiary/aromatic N) is 1. The molecule has 2 aliphatic rings. The second kappa shape index (κ2) is 12.5. The number of hydrogen-bond donors (Lipinski definition) is 2. The van der Waals surface area contributed by atoms with Gasteiger partial charge in [-0.2, -0.15) is 0 Å². The third kappa shape index (κ3) is 6.28. The highest BCUT2D eigenvalue weighted by Gasteiger charge is 2.49. The van der Waals surface area contributed by atoms with Gasteiger partial charge in [0.15, 0.2) is 0 Å². The number of rotatable bonds is 15. The van der Waals surface area contributed by atoms with Gasteiger partial charge in [-0.1, -0.05) is 92.8 Å². The molecule has 4 rings (SSSR count). The Hall–Kier alpha value is -2.17. The Morgan fingerprint density at radius 2 is 1.38 bits per heavy atom. The summed E-state index contributed by atoms with van der Waals surface area (Å²) in [5.74, 6) is -0.0388. The number of likely N-dealkylation sites (tertiary alicyclic amines) is 1. The minimum atomic E-state index is -0.772. The summed E-state index contributed by atoms with van der Waals surface area (Å²) in [5, 5.41) is 3.61. The van der Waals surface area contributed by atoms with Crippen molar-refractivity contribution < 1.29 is 4.79 Å². The smallest absolute Gasteiger partial charge is 0.232 e. The van der Waals surface area contributed by atoms with E-state index < -0.39 is 5.41 Å². The van der Waals surface area contributed by atoms with Crippen LogP contribution in [0.2, 0.25) is 0 Å². The maximum Gasteiger partial charge on any atom is 0.232 e. The highest BCUT2D eigenvalue weighted by molar-refractivity contribution is 5.91. The van der Waals surface area contributed by atoms with E-state index in [0.717, 1.165) is 43.2 Å². The Balaban J connectivity index is 1.26. The molecule has 184 valence electrons. The van der Waals surface area contributed by atoms with Gasteiger partial charge < -0.3 is 16.0 Å². The lowest BCUT2D eigenvalue weighted by Gasteiger charge is -2.37. The molecule has 1 unspecified atom stereocenters. The van der Waals surface area contributed by atoms with Gasteiger partial charge in [-0.3, -0.25) is 4.79 Å². The van der Waals surface area contributed by atoms with Crippen LogP contribution in [-0.4, -0.2) is 43.0 Å². The molecule has 0 bridgehead atoms. The standard InChI is InChI=1S/C30H43N3O/c31-29(34)30(25-14-8-6-9-15-25,26-16-10-7-11-17-26)27-20-23-33(24-27)22-13-5-3-1-2-4-12-21-32-28-18-19-28/h6-11,14-17,27-28,32H,1-5,12-13,18-24H2,(H2,31,34). The van der Waals surface area contributed by atoms with Crippen LogP contribution in [-0.2, 0) is 10.2 Å². The second-order valence-electron chi connectivity index (χ2n) is 10.4. The lowest BCUT2D eigenvalue weighted by atomic mass is 9.64. The van der Waals surface area contributed by atoms with Crippen molar-refractivity contribution in [3.05, 3.63) is 71.8 Å². The van der Waals surface area contributed by atoms with Gasteiger partial charge in [0, 0.05) is 12.6 Å². The molecule has 1 atom stereocenters. The van der Waals surface area contributed by atoms with Gasteiger partial charge in [0.1, 0.15) is 5.41 Å². The Morgan fingerprint density at radius 1 is 0.824 bits per heavy atom. The number of primary amides is 1. The van der Waals surface area contributed by atoms with Crippen LogP contribution in [0.5, 0.6) is 0 Å². The molecule has 1 heterocycles. The van der Waals surface area contributed by atoms with Crippen LogP contribution >= 0.6 is 0 Å². The summed E-state index contributed by atoms with van der Waals surface area (Å²) in [4.78, 5) is 15.7. The largest absolute Gasteiger partial charge is 0.369 e. The van der Waals surface area contributed by atoms with Crippen LogP contribution in [0.1, 0.15) is 75.3 Å². The van der Waals surface area contributed by atoms with E-state index in [-0.39, 0.29) is 11.8 Å². The number of carbonyl (C=O) groups excluding carboxylic acids is 1. The summed E-state index contributed by atoms with van der Waals surface area (Å²) in [5.41, 5.74) is 7.49. The maximum atomic E-state index is 13.2. The number of carbonyl (C=O) groups is 1. The minimum Gasteiger partial charge on any atom is -0.369 e. The Kier molecular flexibility index (Phi) is 9.18. The number of benzene rings is 2.